The molecule has 102 valence electrons. The molecule has 1 heterocycles. The second kappa shape index (κ2) is 9.94. The van der Waals surface area contributed by atoms with E-state index in [-0.39, 0.29) is 0 Å². The van der Waals surface area contributed by atoms with Crippen molar-refractivity contribution in [2.75, 3.05) is 0 Å². The lowest BCUT2D eigenvalue weighted by atomic mass is 10.0. The molecule has 1 saturated heterocycles. The van der Waals surface area contributed by atoms with Gasteiger partial charge in [0.15, 0.2) is 0 Å². The molecule has 0 bridgehead atoms. The van der Waals surface area contributed by atoms with Crippen molar-refractivity contribution in [1.29, 1.82) is 0 Å². The molecule has 0 spiro atoms. The van der Waals surface area contributed by atoms with Crippen LogP contribution < -0.4 is 0 Å². The Bertz CT molecular complexity index is 167. The fourth-order valence-electron chi connectivity index (χ4n) is 2.59. The van der Waals surface area contributed by atoms with Gasteiger partial charge in [-0.25, -0.2) is 0 Å². The minimum Gasteiger partial charge on any atom is -0.370 e. The van der Waals surface area contributed by atoms with Crippen molar-refractivity contribution in [3.05, 3.63) is 0 Å². The molecule has 0 aliphatic carbocycles. The summed E-state index contributed by atoms with van der Waals surface area (Å²) in [7, 11) is 0. The normalized spacial score (nSPS) is 22.9. The molecule has 1 rings (SSSR count). The third-order valence-electron chi connectivity index (χ3n) is 3.87. The van der Waals surface area contributed by atoms with Crippen LogP contribution in [0.5, 0.6) is 0 Å². The SMILES string of the molecule is CCCCCCCCC1OC1CCCCCC. The van der Waals surface area contributed by atoms with Crippen molar-refractivity contribution in [3.8, 4) is 0 Å². The number of unbranched alkanes of at least 4 members (excludes halogenated alkanes) is 8. The Morgan fingerprint density at radius 2 is 1.00 bits per heavy atom. The van der Waals surface area contributed by atoms with Gasteiger partial charge in [0.2, 0.25) is 0 Å². The molecule has 1 nitrogen and oxygen atoms in total. The summed E-state index contributed by atoms with van der Waals surface area (Å²) >= 11 is 0. The molecular formula is C16H32O. The summed E-state index contributed by atoms with van der Waals surface area (Å²) < 4.78 is 5.72. The van der Waals surface area contributed by atoms with Crippen LogP contribution >= 0.6 is 0 Å². The molecule has 2 atom stereocenters. The van der Waals surface area contributed by atoms with Gasteiger partial charge in [0.05, 0.1) is 12.2 Å². The lowest BCUT2D eigenvalue weighted by Gasteiger charge is -1.99. The molecule has 0 aromatic heterocycles. The molecule has 2 unspecified atom stereocenters. The third kappa shape index (κ3) is 7.81. The molecule has 17 heavy (non-hydrogen) atoms. The van der Waals surface area contributed by atoms with Crippen molar-refractivity contribution in [2.24, 2.45) is 0 Å². The van der Waals surface area contributed by atoms with Crippen LogP contribution in [0.3, 0.4) is 0 Å². The van der Waals surface area contributed by atoms with Crippen LogP contribution in [-0.4, -0.2) is 12.2 Å². The van der Waals surface area contributed by atoms with Gasteiger partial charge < -0.3 is 4.74 Å². The number of hydrogen-bond donors (Lipinski definition) is 0. The summed E-state index contributed by atoms with van der Waals surface area (Å²) in [6.07, 6.45) is 17.9. The Morgan fingerprint density at radius 1 is 0.588 bits per heavy atom. The van der Waals surface area contributed by atoms with Crippen LogP contribution in [0, 0.1) is 0 Å². The molecule has 1 heteroatoms. The maximum absolute atomic E-state index is 5.72. The lowest BCUT2D eigenvalue weighted by Crippen LogP contribution is -1.94. The van der Waals surface area contributed by atoms with E-state index in [0.29, 0.717) is 12.2 Å². The first-order chi connectivity index (χ1) is 8.38. The largest absolute Gasteiger partial charge is 0.370 e. The van der Waals surface area contributed by atoms with E-state index in [9.17, 15) is 0 Å². The number of epoxide rings is 1. The zero-order valence-electron chi connectivity index (χ0n) is 12.0. The van der Waals surface area contributed by atoms with Gasteiger partial charge in [0.25, 0.3) is 0 Å². The summed E-state index contributed by atoms with van der Waals surface area (Å²) in [5, 5.41) is 0. The molecule has 1 aliphatic heterocycles. The van der Waals surface area contributed by atoms with Crippen LogP contribution in [-0.2, 0) is 4.74 Å². The maximum atomic E-state index is 5.72. The van der Waals surface area contributed by atoms with Gasteiger partial charge in [0.1, 0.15) is 0 Å². The molecule has 1 aliphatic rings. The molecule has 0 aromatic rings. The highest BCUT2D eigenvalue weighted by Crippen LogP contribution is 2.31. The average Bonchev–Trinajstić information content (AvgIpc) is 3.08. The van der Waals surface area contributed by atoms with Crippen molar-refractivity contribution in [2.45, 2.75) is 103 Å². The zero-order chi connectivity index (χ0) is 12.3. The number of rotatable bonds is 12. The van der Waals surface area contributed by atoms with E-state index >= 15 is 0 Å². The second-order valence-electron chi connectivity index (χ2n) is 5.62. The first-order valence-corrected chi connectivity index (χ1v) is 8.04. The summed E-state index contributed by atoms with van der Waals surface area (Å²) in [6.45, 7) is 4.55. The maximum Gasteiger partial charge on any atom is 0.0841 e. The molecule has 0 amide bonds. The Hall–Kier alpha value is -0.0400. The van der Waals surface area contributed by atoms with E-state index in [0.717, 1.165) is 0 Å². The van der Waals surface area contributed by atoms with Gasteiger partial charge in [-0.15, -0.1) is 0 Å². The zero-order valence-corrected chi connectivity index (χ0v) is 12.0. The van der Waals surface area contributed by atoms with Crippen LogP contribution in [0.15, 0.2) is 0 Å². The highest BCUT2D eigenvalue weighted by atomic mass is 16.6. The third-order valence-corrected chi connectivity index (χ3v) is 3.87. The monoisotopic (exact) mass is 240 g/mol. The molecule has 1 fully saturated rings. The van der Waals surface area contributed by atoms with E-state index in [2.05, 4.69) is 13.8 Å². The molecule has 0 radical (unpaired) electrons. The Kier molecular flexibility index (Phi) is 8.78. The van der Waals surface area contributed by atoms with E-state index in [1.807, 2.05) is 0 Å². The highest BCUT2D eigenvalue weighted by molar-refractivity contribution is 4.84. The topological polar surface area (TPSA) is 12.5 Å². The fourth-order valence-corrected chi connectivity index (χ4v) is 2.59. The fraction of sp³-hybridized carbons (Fsp3) is 1.00. The average molecular weight is 240 g/mol. The highest BCUT2D eigenvalue weighted by Gasteiger charge is 2.36. The molecule has 0 aromatic carbocycles. The van der Waals surface area contributed by atoms with Crippen LogP contribution in [0.25, 0.3) is 0 Å². The van der Waals surface area contributed by atoms with Gasteiger partial charge in [-0.05, 0) is 12.8 Å². The van der Waals surface area contributed by atoms with Crippen molar-refractivity contribution in [1.82, 2.24) is 0 Å². The summed E-state index contributed by atoms with van der Waals surface area (Å²) in [5.41, 5.74) is 0. The minimum atomic E-state index is 0.641. The predicted octanol–water partition coefficient (Wildman–Crippen LogP) is 5.47. The van der Waals surface area contributed by atoms with Crippen molar-refractivity contribution >= 4 is 0 Å². The standard InChI is InChI=1S/C16H32O/c1-3-5-7-9-10-12-14-16-15(17-16)13-11-8-6-4-2/h15-16H,3-14H2,1-2H3. The second-order valence-corrected chi connectivity index (χ2v) is 5.62. The van der Waals surface area contributed by atoms with Gasteiger partial charge in [0, 0.05) is 0 Å². The molecule has 0 N–H and O–H groups in total. The van der Waals surface area contributed by atoms with E-state index < -0.39 is 0 Å². The Morgan fingerprint density at radius 3 is 1.53 bits per heavy atom. The lowest BCUT2D eigenvalue weighted by molar-refractivity contribution is 0.348. The smallest absolute Gasteiger partial charge is 0.0841 e. The van der Waals surface area contributed by atoms with Gasteiger partial charge in [-0.2, -0.15) is 0 Å². The number of ether oxygens (including phenoxy) is 1. The molecule has 0 saturated carbocycles. The van der Waals surface area contributed by atoms with E-state index in [4.69, 9.17) is 4.74 Å². The first kappa shape index (κ1) is 15.0. The van der Waals surface area contributed by atoms with Crippen LogP contribution in [0.4, 0.5) is 0 Å². The van der Waals surface area contributed by atoms with Gasteiger partial charge in [-0.1, -0.05) is 78.1 Å². The Labute approximate surface area is 108 Å². The Balaban J connectivity index is 1.78. The van der Waals surface area contributed by atoms with Crippen LogP contribution in [0.2, 0.25) is 0 Å². The quantitative estimate of drug-likeness (QED) is 0.325. The predicted molar refractivity (Wildman–Crippen MR) is 75.4 cm³/mol. The van der Waals surface area contributed by atoms with Crippen LogP contribution in [0.1, 0.15) is 90.9 Å². The minimum absolute atomic E-state index is 0.641. The summed E-state index contributed by atoms with van der Waals surface area (Å²) in [5.74, 6) is 0. The summed E-state index contributed by atoms with van der Waals surface area (Å²) in [6, 6.07) is 0. The van der Waals surface area contributed by atoms with E-state index in [1.54, 1.807) is 0 Å². The number of hydrogen-bond acceptors (Lipinski definition) is 1. The first-order valence-electron chi connectivity index (χ1n) is 8.04. The summed E-state index contributed by atoms with van der Waals surface area (Å²) in [4.78, 5) is 0. The van der Waals surface area contributed by atoms with Gasteiger partial charge in [-0.3, -0.25) is 0 Å². The van der Waals surface area contributed by atoms with Crippen molar-refractivity contribution in [3.63, 3.8) is 0 Å². The van der Waals surface area contributed by atoms with Crippen molar-refractivity contribution < 1.29 is 4.74 Å². The van der Waals surface area contributed by atoms with Gasteiger partial charge >= 0.3 is 0 Å². The van der Waals surface area contributed by atoms with E-state index in [1.165, 1.54) is 77.0 Å². The molecular weight excluding hydrogens is 208 g/mol.